The van der Waals surface area contributed by atoms with Crippen LogP contribution >= 0.6 is 0 Å². The first-order valence-electron chi connectivity index (χ1n) is 10.9. The number of aliphatic hydroxyl groups excluding tert-OH is 2. The van der Waals surface area contributed by atoms with Crippen LogP contribution < -0.4 is 5.32 Å². The molecule has 28 heavy (non-hydrogen) atoms. The zero-order valence-corrected chi connectivity index (χ0v) is 17.9. The molecular formula is C24H41NO3. The Balaban J connectivity index is 3.77. The van der Waals surface area contributed by atoms with Gasteiger partial charge in [0.05, 0.1) is 18.8 Å². The minimum absolute atomic E-state index is 0.111. The molecule has 0 spiro atoms. The quantitative estimate of drug-likeness (QED) is 0.242. The van der Waals surface area contributed by atoms with Gasteiger partial charge >= 0.3 is 0 Å². The van der Waals surface area contributed by atoms with Gasteiger partial charge in [-0.15, -0.1) is 0 Å². The highest BCUT2D eigenvalue weighted by Crippen LogP contribution is 2.06. The Bertz CT molecular complexity index is 480. The zero-order valence-electron chi connectivity index (χ0n) is 17.9. The second-order valence-electron chi connectivity index (χ2n) is 6.96. The van der Waals surface area contributed by atoms with Gasteiger partial charge in [-0.2, -0.15) is 0 Å². The Hall–Kier alpha value is -1.65. The minimum Gasteiger partial charge on any atom is -0.394 e. The lowest BCUT2D eigenvalue weighted by atomic mass is 10.1. The van der Waals surface area contributed by atoms with E-state index in [0.717, 1.165) is 57.8 Å². The molecule has 0 aromatic carbocycles. The molecule has 0 aliphatic carbocycles. The third-order valence-corrected chi connectivity index (χ3v) is 4.30. The van der Waals surface area contributed by atoms with E-state index in [9.17, 15) is 15.0 Å². The van der Waals surface area contributed by atoms with Gasteiger partial charge in [-0.25, -0.2) is 0 Å². The van der Waals surface area contributed by atoms with Crippen molar-refractivity contribution in [1.82, 2.24) is 5.32 Å². The standard InChI is InChI=1S/C24H41NO3/c1-3-5-7-8-9-10-11-12-13-14-15-16-18-20-24(28)25-22(21-26)23(27)19-17-6-4-2/h5,7,9-10,12-13,17,19,22-23,26-27H,3-4,6,8,11,14-16,18,20-21H2,1-2H3,(H,25,28)/b7-5-,10-9-,13-12-,19-17+. The lowest BCUT2D eigenvalue weighted by molar-refractivity contribution is -0.123. The summed E-state index contributed by atoms with van der Waals surface area (Å²) in [4.78, 5) is 12.0. The van der Waals surface area contributed by atoms with Crippen molar-refractivity contribution in [3.8, 4) is 0 Å². The molecular weight excluding hydrogens is 350 g/mol. The number of unbranched alkanes of at least 4 members (excludes halogenated alkanes) is 4. The van der Waals surface area contributed by atoms with E-state index in [-0.39, 0.29) is 12.5 Å². The highest BCUT2D eigenvalue weighted by Gasteiger charge is 2.17. The number of hydrogen-bond acceptors (Lipinski definition) is 3. The molecule has 0 aliphatic rings. The van der Waals surface area contributed by atoms with Crippen molar-refractivity contribution < 1.29 is 15.0 Å². The molecule has 160 valence electrons. The van der Waals surface area contributed by atoms with Gasteiger partial charge in [0.25, 0.3) is 0 Å². The average molecular weight is 392 g/mol. The van der Waals surface area contributed by atoms with Gasteiger partial charge in [0, 0.05) is 6.42 Å². The van der Waals surface area contributed by atoms with Crippen molar-refractivity contribution in [2.45, 2.75) is 90.2 Å². The van der Waals surface area contributed by atoms with Gasteiger partial charge in [0.15, 0.2) is 0 Å². The van der Waals surface area contributed by atoms with Crippen LogP contribution in [0.1, 0.15) is 78.1 Å². The van der Waals surface area contributed by atoms with Gasteiger partial charge in [-0.05, 0) is 44.9 Å². The summed E-state index contributed by atoms with van der Waals surface area (Å²) in [5, 5.41) is 22.1. The molecule has 0 aromatic rings. The van der Waals surface area contributed by atoms with E-state index in [1.54, 1.807) is 6.08 Å². The summed E-state index contributed by atoms with van der Waals surface area (Å²) in [6.07, 6.45) is 25.1. The first-order chi connectivity index (χ1) is 13.7. The molecule has 2 atom stereocenters. The predicted octanol–water partition coefficient (Wildman–Crippen LogP) is 4.99. The summed E-state index contributed by atoms with van der Waals surface area (Å²) < 4.78 is 0. The summed E-state index contributed by atoms with van der Waals surface area (Å²) in [5.74, 6) is -0.111. The Morgan fingerprint density at radius 3 is 2.21 bits per heavy atom. The van der Waals surface area contributed by atoms with Crippen LogP contribution in [0.3, 0.4) is 0 Å². The fourth-order valence-corrected chi connectivity index (χ4v) is 2.61. The number of nitrogens with one attached hydrogen (secondary N) is 1. The van der Waals surface area contributed by atoms with E-state index in [4.69, 9.17) is 0 Å². The highest BCUT2D eigenvalue weighted by molar-refractivity contribution is 5.76. The third-order valence-electron chi connectivity index (χ3n) is 4.30. The molecule has 0 rings (SSSR count). The van der Waals surface area contributed by atoms with Crippen molar-refractivity contribution in [1.29, 1.82) is 0 Å². The summed E-state index contributed by atoms with van der Waals surface area (Å²) in [7, 11) is 0. The van der Waals surface area contributed by atoms with Crippen LogP contribution in [-0.4, -0.2) is 34.9 Å². The maximum atomic E-state index is 12.0. The summed E-state index contributed by atoms with van der Waals surface area (Å²) in [5.41, 5.74) is 0. The van der Waals surface area contributed by atoms with E-state index in [0.29, 0.717) is 6.42 Å². The van der Waals surface area contributed by atoms with E-state index in [2.05, 4.69) is 55.6 Å². The molecule has 0 saturated carbocycles. The van der Waals surface area contributed by atoms with E-state index >= 15 is 0 Å². The van der Waals surface area contributed by atoms with Crippen LogP contribution in [0, 0.1) is 0 Å². The number of carbonyl (C=O) groups is 1. The SMILES string of the molecule is CC/C=C\C/C=C\C/C=C\CCCCCC(=O)NC(CO)C(O)/C=C/CCC. The summed E-state index contributed by atoms with van der Waals surface area (Å²) >= 11 is 0. The zero-order chi connectivity index (χ0) is 20.9. The van der Waals surface area contributed by atoms with Crippen LogP contribution in [0.5, 0.6) is 0 Å². The average Bonchev–Trinajstić information content (AvgIpc) is 2.69. The van der Waals surface area contributed by atoms with Crippen LogP contribution in [0.25, 0.3) is 0 Å². The largest absolute Gasteiger partial charge is 0.394 e. The molecule has 4 nitrogen and oxygen atoms in total. The highest BCUT2D eigenvalue weighted by atomic mass is 16.3. The second kappa shape index (κ2) is 20.1. The van der Waals surface area contributed by atoms with Crippen molar-refractivity contribution in [2.75, 3.05) is 6.61 Å². The van der Waals surface area contributed by atoms with Crippen molar-refractivity contribution in [3.05, 3.63) is 48.6 Å². The Labute approximate surface area is 172 Å². The molecule has 4 heteroatoms. The van der Waals surface area contributed by atoms with Crippen molar-refractivity contribution in [3.63, 3.8) is 0 Å². The van der Waals surface area contributed by atoms with Crippen LogP contribution in [-0.2, 0) is 4.79 Å². The number of allylic oxidation sites excluding steroid dienone is 7. The third kappa shape index (κ3) is 16.5. The molecule has 0 bridgehead atoms. The Morgan fingerprint density at radius 1 is 0.893 bits per heavy atom. The van der Waals surface area contributed by atoms with Crippen LogP contribution in [0.15, 0.2) is 48.6 Å². The number of carbonyl (C=O) groups excluding carboxylic acids is 1. The van der Waals surface area contributed by atoms with Crippen LogP contribution in [0.2, 0.25) is 0 Å². The van der Waals surface area contributed by atoms with Gasteiger partial charge in [-0.1, -0.05) is 75.3 Å². The van der Waals surface area contributed by atoms with Gasteiger partial charge in [0.1, 0.15) is 0 Å². The number of hydrogen-bond donors (Lipinski definition) is 3. The molecule has 1 amide bonds. The van der Waals surface area contributed by atoms with Gasteiger partial charge < -0.3 is 15.5 Å². The predicted molar refractivity (Wildman–Crippen MR) is 119 cm³/mol. The normalized spacial score (nSPS) is 14.6. The van der Waals surface area contributed by atoms with Crippen molar-refractivity contribution in [2.24, 2.45) is 0 Å². The van der Waals surface area contributed by atoms with E-state index < -0.39 is 12.1 Å². The summed E-state index contributed by atoms with van der Waals surface area (Å²) in [6.45, 7) is 3.93. The van der Waals surface area contributed by atoms with Gasteiger partial charge in [0.2, 0.25) is 5.91 Å². The van der Waals surface area contributed by atoms with Crippen LogP contribution in [0.4, 0.5) is 0 Å². The molecule has 0 radical (unpaired) electrons. The minimum atomic E-state index is -0.845. The summed E-state index contributed by atoms with van der Waals surface area (Å²) in [6, 6.07) is -0.631. The van der Waals surface area contributed by atoms with Crippen molar-refractivity contribution >= 4 is 5.91 Å². The maximum Gasteiger partial charge on any atom is 0.220 e. The fourth-order valence-electron chi connectivity index (χ4n) is 2.61. The molecule has 0 aromatic heterocycles. The molecule has 3 N–H and O–H groups in total. The molecule has 0 fully saturated rings. The maximum absolute atomic E-state index is 12.0. The fraction of sp³-hybridized carbons (Fsp3) is 0.625. The van der Waals surface area contributed by atoms with E-state index in [1.807, 2.05) is 6.08 Å². The smallest absolute Gasteiger partial charge is 0.220 e. The molecule has 2 unspecified atom stereocenters. The molecule has 0 aliphatic heterocycles. The topological polar surface area (TPSA) is 69.6 Å². The molecule has 0 saturated heterocycles. The number of rotatable bonds is 17. The first kappa shape index (κ1) is 26.4. The lowest BCUT2D eigenvalue weighted by Crippen LogP contribution is -2.45. The lowest BCUT2D eigenvalue weighted by Gasteiger charge is -2.19. The number of aliphatic hydroxyl groups is 2. The number of amides is 1. The Morgan fingerprint density at radius 2 is 1.57 bits per heavy atom. The first-order valence-corrected chi connectivity index (χ1v) is 10.9. The molecule has 0 heterocycles. The Kier molecular flexibility index (Phi) is 18.9. The monoisotopic (exact) mass is 391 g/mol. The second-order valence-corrected chi connectivity index (χ2v) is 6.96. The van der Waals surface area contributed by atoms with E-state index in [1.165, 1.54) is 0 Å². The van der Waals surface area contributed by atoms with Gasteiger partial charge in [-0.3, -0.25) is 4.79 Å².